The van der Waals surface area contributed by atoms with Gasteiger partial charge in [0, 0.05) is 38.3 Å². The third kappa shape index (κ3) is 5.22. The largest absolute Gasteiger partial charge is 0.445 e. The van der Waals surface area contributed by atoms with Crippen molar-refractivity contribution in [2.24, 2.45) is 5.73 Å². The molecule has 1 aliphatic heterocycles. The van der Waals surface area contributed by atoms with Gasteiger partial charge in [0.25, 0.3) is 0 Å². The van der Waals surface area contributed by atoms with Gasteiger partial charge < -0.3 is 15.4 Å². The third-order valence-electron chi connectivity index (χ3n) is 4.45. The van der Waals surface area contributed by atoms with E-state index in [1.54, 1.807) is 0 Å². The fourth-order valence-electron chi connectivity index (χ4n) is 3.20. The van der Waals surface area contributed by atoms with Gasteiger partial charge in [0.05, 0.1) is 0 Å². The van der Waals surface area contributed by atoms with Crippen molar-refractivity contribution >= 4 is 6.09 Å². The lowest BCUT2D eigenvalue weighted by Crippen LogP contribution is -2.50. The number of carbonyl (C=O) groups is 1. The quantitative estimate of drug-likeness (QED) is 0.875. The summed E-state index contributed by atoms with van der Waals surface area (Å²) >= 11 is 0. The van der Waals surface area contributed by atoms with Crippen LogP contribution in [0, 0.1) is 0 Å². The zero-order valence-electron chi connectivity index (χ0n) is 14.3. The number of piperidine rings is 1. The Hall–Kier alpha value is -1.59. The van der Waals surface area contributed by atoms with Crippen LogP contribution in [0.15, 0.2) is 30.3 Å². The van der Waals surface area contributed by atoms with E-state index in [1.165, 1.54) is 0 Å². The Morgan fingerprint density at radius 2 is 1.96 bits per heavy atom. The van der Waals surface area contributed by atoms with Gasteiger partial charge in [-0.1, -0.05) is 30.3 Å². The third-order valence-corrected chi connectivity index (χ3v) is 4.45. The molecular formula is C18H29N3O2. The molecule has 23 heavy (non-hydrogen) atoms. The van der Waals surface area contributed by atoms with Crippen molar-refractivity contribution in [2.75, 3.05) is 26.2 Å². The highest BCUT2D eigenvalue weighted by Crippen LogP contribution is 2.19. The van der Waals surface area contributed by atoms with Crippen LogP contribution in [0.2, 0.25) is 0 Å². The first-order chi connectivity index (χ1) is 11.1. The predicted octanol–water partition coefficient (Wildman–Crippen LogP) is 2.46. The van der Waals surface area contributed by atoms with Crippen LogP contribution >= 0.6 is 0 Å². The summed E-state index contributed by atoms with van der Waals surface area (Å²) in [6, 6.07) is 10.8. The van der Waals surface area contributed by atoms with Gasteiger partial charge in [0.1, 0.15) is 6.61 Å². The van der Waals surface area contributed by atoms with Crippen molar-refractivity contribution < 1.29 is 9.53 Å². The van der Waals surface area contributed by atoms with Gasteiger partial charge in [-0.25, -0.2) is 4.79 Å². The van der Waals surface area contributed by atoms with E-state index in [0.717, 1.165) is 38.0 Å². The summed E-state index contributed by atoms with van der Waals surface area (Å²) in [6.07, 6.45) is 1.76. The van der Waals surface area contributed by atoms with Crippen molar-refractivity contribution in [3.05, 3.63) is 35.9 Å². The first-order valence-electron chi connectivity index (χ1n) is 8.53. The Labute approximate surface area is 139 Å². The number of nitrogens with two attached hydrogens (primary N) is 1. The number of likely N-dealkylation sites (tertiary alicyclic amines) is 1. The maximum absolute atomic E-state index is 12.2. The van der Waals surface area contributed by atoms with Gasteiger partial charge in [-0.3, -0.25) is 4.90 Å². The highest BCUT2D eigenvalue weighted by molar-refractivity contribution is 5.67. The Kier molecular flexibility index (Phi) is 6.86. The monoisotopic (exact) mass is 319 g/mol. The number of amides is 1. The van der Waals surface area contributed by atoms with Crippen molar-refractivity contribution in [3.8, 4) is 0 Å². The molecule has 1 fully saturated rings. The Morgan fingerprint density at radius 3 is 2.52 bits per heavy atom. The van der Waals surface area contributed by atoms with E-state index >= 15 is 0 Å². The molecule has 0 saturated carbocycles. The Bertz CT molecular complexity index is 470. The molecule has 1 aromatic carbocycles. The van der Waals surface area contributed by atoms with Gasteiger partial charge in [-0.15, -0.1) is 0 Å². The average Bonchev–Trinajstić information content (AvgIpc) is 2.58. The number of hydrogen-bond acceptors (Lipinski definition) is 4. The average molecular weight is 319 g/mol. The van der Waals surface area contributed by atoms with Crippen LogP contribution in [0.5, 0.6) is 0 Å². The molecule has 1 saturated heterocycles. The molecule has 1 aromatic rings. The van der Waals surface area contributed by atoms with Gasteiger partial charge in [0.15, 0.2) is 0 Å². The van der Waals surface area contributed by atoms with Crippen LogP contribution in [0.3, 0.4) is 0 Å². The fourth-order valence-corrected chi connectivity index (χ4v) is 3.20. The molecule has 0 aromatic heterocycles. The van der Waals surface area contributed by atoms with Crippen LogP contribution in [-0.4, -0.2) is 54.2 Å². The van der Waals surface area contributed by atoms with E-state index in [9.17, 15) is 4.79 Å². The highest BCUT2D eigenvalue weighted by atomic mass is 16.6. The van der Waals surface area contributed by atoms with Gasteiger partial charge in [0.2, 0.25) is 0 Å². The predicted molar refractivity (Wildman–Crippen MR) is 92.1 cm³/mol. The second-order valence-electron chi connectivity index (χ2n) is 6.38. The fraction of sp³-hybridized carbons (Fsp3) is 0.611. The minimum Gasteiger partial charge on any atom is -0.445 e. The van der Waals surface area contributed by atoms with E-state index in [1.807, 2.05) is 35.2 Å². The minimum atomic E-state index is -0.206. The molecule has 0 radical (unpaired) electrons. The number of benzene rings is 1. The molecule has 1 amide bonds. The second-order valence-corrected chi connectivity index (χ2v) is 6.38. The summed E-state index contributed by atoms with van der Waals surface area (Å²) in [5, 5.41) is 0. The van der Waals surface area contributed by atoms with E-state index in [0.29, 0.717) is 25.2 Å². The molecule has 0 spiro atoms. The SMILES string of the molecule is CC(C)N(CCN)C1CCN(C(=O)OCc2ccccc2)CC1. The minimum absolute atomic E-state index is 0.206. The van der Waals surface area contributed by atoms with Crippen LogP contribution in [0.25, 0.3) is 0 Å². The van der Waals surface area contributed by atoms with Crippen molar-refractivity contribution in [1.82, 2.24) is 9.80 Å². The summed E-state index contributed by atoms with van der Waals surface area (Å²) in [5.41, 5.74) is 6.74. The molecule has 1 aliphatic rings. The summed E-state index contributed by atoms with van der Waals surface area (Å²) in [4.78, 5) is 16.4. The molecular weight excluding hydrogens is 290 g/mol. The van der Waals surface area contributed by atoms with E-state index < -0.39 is 0 Å². The number of carbonyl (C=O) groups excluding carboxylic acids is 1. The number of hydrogen-bond donors (Lipinski definition) is 1. The lowest BCUT2D eigenvalue weighted by Gasteiger charge is -2.40. The summed E-state index contributed by atoms with van der Waals surface area (Å²) in [7, 11) is 0. The van der Waals surface area contributed by atoms with Crippen molar-refractivity contribution in [3.63, 3.8) is 0 Å². The van der Waals surface area contributed by atoms with E-state index in [4.69, 9.17) is 10.5 Å². The molecule has 2 rings (SSSR count). The molecule has 0 atom stereocenters. The molecule has 0 bridgehead atoms. The molecule has 128 valence electrons. The zero-order valence-corrected chi connectivity index (χ0v) is 14.3. The molecule has 2 N–H and O–H groups in total. The molecule has 1 heterocycles. The van der Waals surface area contributed by atoms with Crippen LogP contribution in [0.4, 0.5) is 4.79 Å². The maximum Gasteiger partial charge on any atom is 0.410 e. The topological polar surface area (TPSA) is 58.8 Å². The van der Waals surface area contributed by atoms with Crippen molar-refractivity contribution in [1.29, 1.82) is 0 Å². The van der Waals surface area contributed by atoms with Crippen LogP contribution < -0.4 is 5.73 Å². The summed E-state index contributed by atoms with van der Waals surface area (Å²) in [5.74, 6) is 0. The van der Waals surface area contributed by atoms with Crippen LogP contribution in [0.1, 0.15) is 32.3 Å². The van der Waals surface area contributed by atoms with Gasteiger partial charge >= 0.3 is 6.09 Å². The first kappa shape index (κ1) is 17.8. The molecule has 5 heteroatoms. The first-order valence-corrected chi connectivity index (χ1v) is 8.53. The Balaban J connectivity index is 1.78. The lowest BCUT2D eigenvalue weighted by atomic mass is 10.0. The standard InChI is InChI=1S/C18H29N3O2/c1-15(2)21(13-10-19)17-8-11-20(12-9-17)18(22)23-14-16-6-4-3-5-7-16/h3-7,15,17H,8-14,19H2,1-2H3. The molecule has 0 aliphatic carbocycles. The van der Waals surface area contributed by atoms with Gasteiger partial charge in [-0.2, -0.15) is 0 Å². The molecule has 5 nitrogen and oxygen atoms in total. The van der Waals surface area contributed by atoms with Crippen LogP contribution in [-0.2, 0) is 11.3 Å². The smallest absolute Gasteiger partial charge is 0.410 e. The Morgan fingerprint density at radius 1 is 1.30 bits per heavy atom. The highest BCUT2D eigenvalue weighted by Gasteiger charge is 2.28. The zero-order chi connectivity index (χ0) is 16.7. The summed E-state index contributed by atoms with van der Waals surface area (Å²) < 4.78 is 5.41. The van der Waals surface area contributed by atoms with Gasteiger partial charge in [-0.05, 0) is 32.3 Å². The number of rotatable bonds is 6. The normalized spacial score (nSPS) is 16.1. The van der Waals surface area contributed by atoms with Crippen molar-refractivity contribution in [2.45, 2.75) is 45.4 Å². The summed E-state index contributed by atoms with van der Waals surface area (Å²) in [6.45, 7) is 7.85. The van der Waals surface area contributed by atoms with E-state index in [-0.39, 0.29) is 6.09 Å². The number of ether oxygens (including phenoxy) is 1. The number of nitrogens with zero attached hydrogens (tertiary/aromatic N) is 2. The maximum atomic E-state index is 12.2. The molecule has 0 unspecified atom stereocenters. The lowest BCUT2D eigenvalue weighted by molar-refractivity contribution is 0.0603. The van der Waals surface area contributed by atoms with E-state index in [2.05, 4.69) is 18.7 Å². The second kappa shape index (κ2) is 8.89.